The number of ketones is 1. The average Bonchev–Trinajstić information content (AvgIpc) is 1.92. The predicted molar refractivity (Wildman–Crippen MR) is 43.2 cm³/mol. The quantitative estimate of drug-likeness (QED) is 0.353. The number of hydrazine groups is 1. The second-order valence-electron chi connectivity index (χ2n) is 2.16. The van der Waals surface area contributed by atoms with Crippen LogP contribution in [0.1, 0.15) is 39.5 Å². The van der Waals surface area contributed by atoms with Gasteiger partial charge in [0.1, 0.15) is 5.78 Å². The van der Waals surface area contributed by atoms with E-state index in [1.165, 1.54) is 12.8 Å². The monoisotopic (exact) mass is 146 g/mol. The first-order valence-corrected chi connectivity index (χ1v) is 3.60. The van der Waals surface area contributed by atoms with Gasteiger partial charge in [-0.25, -0.2) is 0 Å². The van der Waals surface area contributed by atoms with Crippen LogP contribution in [0.15, 0.2) is 0 Å². The molecule has 0 atom stereocenters. The molecule has 0 aromatic carbocycles. The Labute approximate surface area is 62.7 Å². The summed E-state index contributed by atoms with van der Waals surface area (Å²) in [6.07, 6.45) is 4.24. The summed E-state index contributed by atoms with van der Waals surface area (Å²) < 4.78 is 0. The molecule has 3 heteroatoms. The van der Waals surface area contributed by atoms with Crippen LogP contribution in [0.5, 0.6) is 0 Å². The number of carbonyl (C=O) groups is 1. The Bertz CT molecular complexity index is 74.0. The van der Waals surface area contributed by atoms with Crippen molar-refractivity contribution in [1.82, 2.24) is 0 Å². The molecule has 0 saturated carbocycles. The molecule has 10 heavy (non-hydrogen) atoms. The zero-order chi connectivity index (χ0) is 8.41. The summed E-state index contributed by atoms with van der Waals surface area (Å²) in [7, 11) is 0. The van der Waals surface area contributed by atoms with Crippen molar-refractivity contribution in [3.8, 4) is 0 Å². The zero-order valence-corrected chi connectivity index (χ0v) is 6.89. The second kappa shape index (κ2) is 11.4. The highest BCUT2D eigenvalue weighted by Gasteiger charge is 1.89. The van der Waals surface area contributed by atoms with E-state index in [9.17, 15) is 4.79 Å². The van der Waals surface area contributed by atoms with Crippen molar-refractivity contribution in [2.75, 3.05) is 0 Å². The van der Waals surface area contributed by atoms with E-state index in [0.29, 0.717) is 5.78 Å². The van der Waals surface area contributed by atoms with E-state index < -0.39 is 0 Å². The van der Waals surface area contributed by atoms with Gasteiger partial charge in [-0.05, 0) is 13.3 Å². The Hall–Kier alpha value is -0.410. The first kappa shape index (κ1) is 12.3. The Morgan fingerprint density at radius 3 is 2.10 bits per heavy atom. The van der Waals surface area contributed by atoms with Crippen LogP contribution in [0, 0.1) is 0 Å². The topological polar surface area (TPSA) is 69.1 Å². The van der Waals surface area contributed by atoms with Gasteiger partial charge in [0.05, 0.1) is 0 Å². The van der Waals surface area contributed by atoms with E-state index in [1.807, 2.05) is 0 Å². The van der Waals surface area contributed by atoms with Gasteiger partial charge in [0.25, 0.3) is 0 Å². The molecule has 0 bridgehead atoms. The van der Waals surface area contributed by atoms with E-state index in [1.54, 1.807) is 6.92 Å². The van der Waals surface area contributed by atoms with E-state index in [0.717, 1.165) is 12.8 Å². The van der Waals surface area contributed by atoms with E-state index >= 15 is 0 Å². The lowest BCUT2D eigenvalue weighted by atomic mass is 10.2. The summed E-state index contributed by atoms with van der Waals surface area (Å²) >= 11 is 0. The summed E-state index contributed by atoms with van der Waals surface area (Å²) in [4.78, 5) is 10.3. The summed E-state index contributed by atoms with van der Waals surface area (Å²) in [6, 6.07) is 0. The maximum Gasteiger partial charge on any atom is 0.129 e. The van der Waals surface area contributed by atoms with E-state index in [4.69, 9.17) is 0 Å². The van der Waals surface area contributed by atoms with Crippen LogP contribution in [0.4, 0.5) is 0 Å². The van der Waals surface area contributed by atoms with Gasteiger partial charge in [-0.15, -0.1) is 0 Å². The number of hydrogen-bond donors (Lipinski definition) is 2. The van der Waals surface area contributed by atoms with Crippen LogP contribution in [0.2, 0.25) is 0 Å². The third-order valence-corrected chi connectivity index (χ3v) is 1.13. The number of hydrogen-bond acceptors (Lipinski definition) is 3. The highest BCUT2D eigenvalue weighted by molar-refractivity contribution is 5.75. The molecule has 0 aliphatic carbocycles. The molecule has 0 rings (SSSR count). The largest absolute Gasteiger partial charge is 0.300 e. The summed E-state index contributed by atoms with van der Waals surface area (Å²) in [5, 5.41) is 0. The second-order valence-corrected chi connectivity index (χ2v) is 2.16. The van der Waals surface area contributed by atoms with Crippen LogP contribution < -0.4 is 11.7 Å². The first-order valence-electron chi connectivity index (χ1n) is 3.60. The lowest BCUT2D eigenvalue weighted by molar-refractivity contribution is -0.117. The van der Waals surface area contributed by atoms with Gasteiger partial charge in [0.2, 0.25) is 0 Å². The van der Waals surface area contributed by atoms with Crippen molar-refractivity contribution in [1.29, 1.82) is 0 Å². The van der Waals surface area contributed by atoms with Crippen molar-refractivity contribution in [2.45, 2.75) is 39.5 Å². The molecule has 0 aliphatic rings. The van der Waals surface area contributed by atoms with E-state index in [2.05, 4.69) is 18.6 Å². The predicted octanol–water partition coefficient (Wildman–Crippen LogP) is 0.975. The Kier molecular flexibility index (Phi) is 14.0. The van der Waals surface area contributed by atoms with Crippen LogP contribution in [-0.2, 0) is 4.79 Å². The summed E-state index contributed by atoms with van der Waals surface area (Å²) in [5.41, 5.74) is 0. The molecule has 0 aromatic heterocycles. The maximum absolute atomic E-state index is 10.3. The lowest BCUT2D eigenvalue weighted by Gasteiger charge is -1.90. The van der Waals surface area contributed by atoms with Gasteiger partial charge in [-0.1, -0.05) is 19.8 Å². The normalized spacial score (nSPS) is 8.00. The molecule has 0 spiro atoms. The number of rotatable bonds is 4. The molecule has 0 unspecified atom stereocenters. The van der Waals surface area contributed by atoms with Crippen LogP contribution in [0.3, 0.4) is 0 Å². The molecule has 4 N–H and O–H groups in total. The number of carbonyl (C=O) groups excluding carboxylic acids is 1. The fourth-order valence-corrected chi connectivity index (χ4v) is 0.624. The molecule has 0 amide bonds. The standard InChI is InChI=1S/C7H14O.H4N2/c1-3-4-5-6-7(2)8;1-2/h3-6H2,1-2H3;1-2H2. The first-order chi connectivity index (χ1) is 4.77. The van der Waals surface area contributed by atoms with Gasteiger partial charge in [0, 0.05) is 6.42 Å². The molecule has 3 nitrogen and oxygen atoms in total. The third kappa shape index (κ3) is 15.6. The minimum absolute atomic E-state index is 0.318. The average molecular weight is 146 g/mol. The van der Waals surface area contributed by atoms with Crippen LogP contribution >= 0.6 is 0 Å². The lowest BCUT2D eigenvalue weighted by Crippen LogP contribution is -2.02. The molecule has 0 aliphatic heterocycles. The molecule has 62 valence electrons. The fraction of sp³-hybridized carbons (Fsp3) is 0.857. The van der Waals surface area contributed by atoms with Crippen molar-refractivity contribution in [3.05, 3.63) is 0 Å². The number of unbranched alkanes of at least 4 members (excludes halogenated alkanes) is 2. The molecule has 0 radical (unpaired) electrons. The Balaban J connectivity index is 0. The van der Waals surface area contributed by atoms with Crippen molar-refractivity contribution < 1.29 is 4.79 Å². The Morgan fingerprint density at radius 1 is 1.30 bits per heavy atom. The highest BCUT2D eigenvalue weighted by atomic mass is 16.1. The van der Waals surface area contributed by atoms with Crippen molar-refractivity contribution >= 4 is 5.78 Å². The smallest absolute Gasteiger partial charge is 0.129 e. The number of Topliss-reactive ketones (excluding diaryl/α,β-unsaturated/α-hetero) is 1. The molecule has 0 fully saturated rings. The van der Waals surface area contributed by atoms with Crippen LogP contribution in [-0.4, -0.2) is 5.78 Å². The fourth-order valence-electron chi connectivity index (χ4n) is 0.624. The summed E-state index contributed by atoms with van der Waals surface area (Å²) in [6.45, 7) is 3.79. The number of nitrogens with two attached hydrogens (primary N) is 2. The molecule has 0 aromatic rings. The van der Waals surface area contributed by atoms with Gasteiger partial charge in [-0.2, -0.15) is 0 Å². The highest BCUT2D eigenvalue weighted by Crippen LogP contribution is 1.98. The van der Waals surface area contributed by atoms with Crippen molar-refractivity contribution in [2.24, 2.45) is 11.7 Å². The molecular formula is C7H18N2O. The molecular weight excluding hydrogens is 128 g/mol. The molecule has 0 heterocycles. The van der Waals surface area contributed by atoms with Gasteiger partial charge < -0.3 is 4.79 Å². The minimum atomic E-state index is 0.318. The summed E-state index contributed by atoms with van der Waals surface area (Å²) in [5.74, 6) is 8.32. The van der Waals surface area contributed by atoms with E-state index in [-0.39, 0.29) is 0 Å². The minimum Gasteiger partial charge on any atom is -0.300 e. The molecule has 0 saturated heterocycles. The SMILES string of the molecule is CCCCCC(C)=O.NN. The maximum atomic E-state index is 10.3. The Morgan fingerprint density at radius 2 is 1.80 bits per heavy atom. The zero-order valence-electron chi connectivity index (χ0n) is 6.89. The van der Waals surface area contributed by atoms with Gasteiger partial charge in [-0.3, -0.25) is 11.7 Å². The van der Waals surface area contributed by atoms with Gasteiger partial charge in [0.15, 0.2) is 0 Å². The van der Waals surface area contributed by atoms with Gasteiger partial charge >= 0.3 is 0 Å². The third-order valence-electron chi connectivity index (χ3n) is 1.13. The van der Waals surface area contributed by atoms with Crippen molar-refractivity contribution in [3.63, 3.8) is 0 Å². The van der Waals surface area contributed by atoms with Crippen LogP contribution in [0.25, 0.3) is 0 Å².